The van der Waals surface area contributed by atoms with Crippen molar-refractivity contribution in [3.05, 3.63) is 0 Å². The number of nitrogens with one attached hydrogen (secondary N) is 2. The molecule has 8 heteroatoms. The number of carbonyl (C=O) groups is 2. The van der Waals surface area contributed by atoms with Crippen LogP contribution in [-0.4, -0.2) is 64.7 Å². The van der Waals surface area contributed by atoms with E-state index >= 15 is 0 Å². The van der Waals surface area contributed by atoms with E-state index in [4.69, 9.17) is 4.74 Å². The van der Waals surface area contributed by atoms with Crippen LogP contribution in [-0.2, 0) is 14.3 Å². The quantitative estimate of drug-likeness (QED) is 0.294. The summed E-state index contributed by atoms with van der Waals surface area (Å²) in [6.45, 7) is 10.0. The van der Waals surface area contributed by atoms with Crippen LogP contribution in [0.5, 0.6) is 0 Å². The topological polar surface area (TPSA) is 89.0 Å². The molecular formula is C15H28N3O4Se. The monoisotopic (exact) mass is 394 g/mol. The van der Waals surface area contributed by atoms with Gasteiger partial charge in [0.25, 0.3) is 0 Å². The Kier molecular flexibility index (Phi) is 9.91. The van der Waals surface area contributed by atoms with Crippen molar-refractivity contribution in [1.82, 2.24) is 10.6 Å². The van der Waals surface area contributed by atoms with Gasteiger partial charge in [-0.25, -0.2) is 0 Å². The van der Waals surface area contributed by atoms with Crippen molar-refractivity contribution in [2.45, 2.75) is 52.7 Å². The molecule has 0 aliphatic rings. The van der Waals surface area contributed by atoms with Gasteiger partial charge in [0.2, 0.25) is 0 Å². The number of amidine groups is 1. The van der Waals surface area contributed by atoms with Crippen LogP contribution in [0.4, 0.5) is 4.79 Å². The molecule has 2 N–H and O–H groups in total. The van der Waals surface area contributed by atoms with Gasteiger partial charge >= 0.3 is 146 Å². The number of aliphatic imine (C=N–C) groups is 1. The third-order valence-corrected chi connectivity index (χ3v) is 3.13. The number of carbonyl (C=O) groups excluding carboxylic acids is 2. The Morgan fingerprint density at radius 3 is 2.35 bits per heavy atom. The Labute approximate surface area is 146 Å². The number of ether oxygens (including phenoxy) is 2. The van der Waals surface area contributed by atoms with E-state index in [2.05, 4.69) is 50.2 Å². The second-order valence-corrected chi connectivity index (χ2v) is 7.36. The number of hydrogen-bond acceptors (Lipinski definition) is 5. The van der Waals surface area contributed by atoms with Gasteiger partial charge in [-0.05, 0) is 0 Å². The molecule has 133 valence electrons. The maximum absolute atomic E-state index is 11.9. The van der Waals surface area contributed by atoms with Crippen LogP contribution in [0, 0.1) is 5.92 Å². The molecule has 0 saturated carbocycles. The number of nitrogens with zero attached hydrogens (tertiary/aromatic N) is 1. The molecule has 1 radical (unpaired) electrons. The van der Waals surface area contributed by atoms with E-state index in [1.807, 2.05) is 20.8 Å². The van der Waals surface area contributed by atoms with Crippen LogP contribution in [0.3, 0.4) is 0 Å². The Morgan fingerprint density at radius 2 is 1.87 bits per heavy atom. The Hall–Kier alpha value is -1.27. The van der Waals surface area contributed by atoms with E-state index in [9.17, 15) is 9.59 Å². The molecule has 0 unspecified atom stereocenters. The SMILES string of the molecule is COC(=O)CN=C([Se])NC[C@H](CC(C)C)NC(=O)OC(C)(C)C. The fourth-order valence-corrected chi connectivity index (χ4v) is 2.01. The van der Waals surface area contributed by atoms with Crippen LogP contribution >= 0.6 is 0 Å². The molecule has 23 heavy (non-hydrogen) atoms. The summed E-state index contributed by atoms with van der Waals surface area (Å²) in [7, 11) is 1.31. The summed E-state index contributed by atoms with van der Waals surface area (Å²) >= 11 is 2.74. The average Bonchev–Trinajstić information content (AvgIpc) is 2.39. The van der Waals surface area contributed by atoms with Crippen LogP contribution in [0.1, 0.15) is 41.0 Å². The van der Waals surface area contributed by atoms with Gasteiger partial charge in [0.05, 0.1) is 0 Å². The van der Waals surface area contributed by atoms with Gasteiger partial charge in [0.1, 0.15) is 0 Å². The van der Waals surface area contributed by atoms with Gasteiger partial charge in [-0.1, -0.05) is 0 Å². The predicted molar refractivity (Wildman–Crippen MR) is 90.7 cm³/mol. The number of amides is 1. The third-order valence-electron chi connectivity index (χ3n) is 2.56. The molecule has 0 aromatic heterocycles. The number of methoxy groups -OCH3 is 1. The summed E-state index contributed by atoms with van der Waals surface area (Å²) in [6.07, 6.45) is 0.342. The first-order valence-electron chi connectivity index (χ1n) is 7.55. The summed E-state index contributed by atoms with van der Waals surface area (Å²) in [4.78, 5) is 26.9. The fourth-order valence-electron chi connectivity index (χ4n) is 1.70. The molecule has 0 aliphatic carbocycles. The minimum absolute atomic E-state index is 0.0554. The van der Waals surface area contributed by atoms with Crippen molar-refractivity contribution in [3.63, 3.8) is 0 Å². The van der Waals surface area contributed by atoms with E-state index in [1.54, 1.807) is 0 Å². The number of esters is 1. The minimum atomic E-state index is -0.536. The number of alkyl carbamates (subject to hydrolysis) is 1. The van der Waals surface area contributed by atoms with Gasteiger partial charge < -0.3 is 0 Å². The molecule has 0 fully saturated rings. The molecule has 0 spiro atoms. The van der Waals surface area contributed by atoms with Gasteiger partial charge in [-0.2, -0.15) is 0 Å². The molecule has 0 saturated heterocycles. The molecule has 0 aliphatic heterocycles. The maximum atomic E-state index is 11.9. The first-order valence-corrected chi connectivity index (χ1v) is 8.40. The zero-order chi connectivity index (χ0) is 18.0. The first kappa shape index (κ1) is 21.7. The van der Waals surface area contributed by atoms with Crippen molar-refractivity contribution >= 4 is 32.8 Å². The van der Waals surface area contributed by atoms with Gasteiger partial charge in [0.15, 0.2) is 0 Å². The van der Waals surface area contributed by atoms with E-state index in [0.29, 0.717) is 17.2 Å². The zero-order valence-corrected chi connectivity index (χ0v) is 16.5. The Balaban J connectivity index is 4.50. The third kappa shape index (κ3) is 12.9. The van der Waals surface area contributed by atoms with Crippen molar-refractivity contribution < 1.29 is 19.1 Å². The number of hydrogen-bond donors (Lipinski definition) is 2. The standard InChI is InChI=1S/C15H28N3O4Se/c1-10(2)7-11(18-14(20)22-15(3,4)5)8-16-13(23)17-9-12(19)21-6/h10-11H,7-9H2,1-6H3,(H,16,17)(H,18,20)/t11-/m0/s1. The molecule has 0 rings (SSSR count). The molecule has 0 aromatic rings. The second-order valence-electron chi connectivity index (χ2n) is 6.55. The molecule has 1 atom stereocenters. The summed E-state index contributed by atoms with van der Waals surface area (Å²) in [6, 6.07) is -0.110. The average molecular weight is 393 g/mol. The van der Waals surface area contributed by atoms with Crippen molar-refractivity contribution in [3.8, 4) is 0 Å². The first-order chi connectivity index (χ1) is 10.5. The molecule has 0 bridgehead atoms. The molecule has 0 heterocycles. The predicted octanol–water partition coefficient (Wildman–Crippen LogP) is 1.21. The summed E-state index contributed by atoms with van der Waals surface area (Å²) < 4.78 is 10.3. The van der Waals surface area contributed by atoms with Crippen LogP contribution in [0.2, 0.25) is 0 Å². The molecule has 1 amide bonds. The van der Waals surface area contributed by atoms with Crippen molar-refractivity contribution in [2.75, 3.05) is 20.2 Å². The fraction of sp³-hybridized carbons (Fsp3) is 0.800. The van der Waals surface area contributed by atoms with E-state index in [0.717, 1.165) is 6.42 Å². The van der Waals surface area contributed by atoms with Crippen LogP contribution < -0.4 is 10.6 Å². The molecule has 0 aromatic carbocycles. The van der Waals surface area contributed by atoms with Crippen LogP contribution in [0.15, 0.2) is 4.99 Å². The normalized spacial score (nSPS) is 13.4. The van der Waals surface area contributed by atoms with E-state index < -0.39 is 17.7 Å². The van der Waals surface area contributed by atoms with E-state index in [1.165, 1.54) is 7.11 Å². The zero-order valence-electron chi connectivity index (χ0n) is 14.8. The summed E-state index contributed by atoms with van der Waals surface area (Å²) in [5.41, 5.74) is -0.536. The molecule has 7 nitrogen and oxygen atoms in total. The molecular weight excluding hydrogens is 365 g/mol. The Bertz CT molecular complexity index is 419. The van der Waals surface area contributed by atoms with Gasteiger partial charge in [0, 0.05) is 0 Å². The number of rotatable bonds is 7. The van der Waals surface area contributed by atoms with Gasteiger partial charge in [-0.3, -0.25) is 0 Å². The van der Waals surface area contributed by atoms with Crippen molar-refractivity contribution in [2.24, 2.45) is 10.9 Å². The van der Waals surface area contributed by atoms with E-state index in [-0.39, 0.29) is 12.6 Å². The van der Waals surface area contributed by atoms with Crippen molar-refractivity contribution in [1.29, 1.82) is 0 Å². The second kappa shape index (κ2) is 10.5. The summed E-state index contributed by atoms with van der Waals surface area (Å²) in [5.74, 6) is -0.00168. The summed E-state index contributed by atoms with van der Waals surface area (Å²) in [5, 5.41) is 5.90. The van der Waals surface area contributed by atoms with Gasteiger partial charge in [-0.15, -0.1) is 0 Å². The van der Waals surface area contributed by atoms with Crippen LogP contribution in [0.25, 0.3) is 0 Å². The Morgan fingerprint density at radius 1 is 1.26 bits per heavy atom.